The number of rotatable bonds is 7. The van der Waals surface area contributed by atoms with E-state index >= 15 is 0 Å². The number of aromatic nitrogens is 3. The number of nitrogens with one attached hydrogen (secondary N) is 1. The summed E-state index contributed by atoms with van der Waals surface area (Å²) in [4.78, 5) is 8.56. The molecular formula is C26H27N5O3S. The summed E-state index contributed by atoms with van der Waals surface area (Å²) >= 11 is 0. The van der Waals surface area contributed by atoms with E-state index < -0.39 is 10.0 Å². The summed E-state index contributed by atoms with van der Waals surface area (Å²) in [6.07, 6.45) is 9.46. The zero-order valence-electron chi connectivity index (χ0n) is 19.2. The Kier molecular flexibility index (Phi) is 5.46. The SMILES string of the molecule is Nc1c(-c2ccc(S(=O)(=O)NC3CCC3)cc2)n(C2CCC2)c2cc(Oc3ncccn3)ccc12. The van der Waals surface area contributed by atoms with Crippen molar-refractivity contribution in [3.8, 4) is 23.0 Å². The molecule has 6 rings (SSSR count). The Hall–Kier alpha value is -3.43. The molecule has 35 heavy (non-hydrogen) atoms. The highest BCUT2D eigenvalue weighted by Gasteiger charge is 2.28. The Balaban J connectivity index is 1.39. The highest BCUT2D eigenvalue weighted by atomic mass is 32.2. The molecule has 8 nitrogen and oxygen atoms in total. The van der Waals surface area contributed by atoms with Gasteiger partial charge in [0.25, 0.3) is 0 Å². The molecule has 0 atom stereocenters. The van der Waals surface area contributed by atoms with Gasteiger partial charge in [0.05, 0.1) is 21.8 Å². The lowest BCUT2D eigenvalue weighted by Crippen LogP contribution is -2.39. The van der Waals surface area contributed by atoms with Crippen molar-refractivity contribution in [2.75, 3.05) is 5.73 Å². The van der Waals surface area contributed by atoms with Crippen LogP contribution in [0.2, 0.25) is 0 Å². The second kappa shape index (κ2) is 8.66. The van der Waals surface area contributed by atoms with Gasteiger partial charge < -0.3 is 15.0 Å². The summed E-state index contributed by atoms with van der Waals surface area (Å²) in [7, 11) is -3.53. The molecule has 0 radical (unpaired) electrons. The molecule has 2 aliphatic carbocycles. The van der Waals surface area contributed by atoms with E-state index in [0.29, 0.717) is 17.5 Å². The lowest BCUT2D eigenvalue weighted by Gasteiger charge is -2.30. The highest BCUT2D eigenvalue weighted by Crippen LogP contribution is 2.45. The summed E-state index contributed by atoms with van der Waals surface area (Å²) in [6, 6.07) is 15.2. The van der Waals surface area contributed by atoms with Gasteiger partial charge in [0, 0.05) is 41.5 Å². The van der Waals surface area contributed by atoms with Gasteiger partial charge in [0.15, 0.2) is 0 Å². The molecule has 4 aromatic rings. The fourth-order valence-electron chi connectivity index (χ4n) is 4.75. The Labute approximate surface area is 204 Å². The van der Waals surface area contributed by atoms with E-state index in [1.54, 1.807) is 30.6 Å². The van der Waals surface area contributed by atoms with E-state index in [1.807, 2.05) is 30.3 Å². The van der Waals surface area contributed by atoms with Gasteiger partial charge in [-0.25, -0.2) is 23.1 Å². The van der Waals surface area contributed by atoms with Crippen LogP contribution in [0, 0.1) is 0 Å². The lowest BCUT2D eigenvalue weighted by atomic mass is 9.92. The van der Waals surface area contributed by atoms with Crippen LogP contribution in [-0.2, 0) is 10.0 Å². The van der Waals surface area contributed by atoms with Crippen LogP contribution >= 0.6 is 0 Å². The van der Waals surface area contributed by atoms with Gasteiger partial charge in [-0.05, 0) is 62.4 Å². The monoisotopic (exact) mass is 489 g/mol. The predicted octanol–water partition coefficient (Wildman–Crippen LogP) is 5.03. The van der Waals surface area contributed by atoms with Gasteiger partial charge in [-0.1, -0.05) is 18.6 Å². The molecule has 0 aliphatic heterocycles. The van der Waals surface area contributed by atoms with Crippen molar-refractivity contribution in [1.82, 2.24) is 19.3 Å². The van der Waals surface area contributed by atoms with Crippen LogP contribution < -0.4 is 15.2 Å². The first-order valence-corrected chi connectivity index (χ1v) is 13.5. The van der Waals surface area contributed by atoms with Gasteiger partial charge in [0.2, 0.25) is 10.0 Å². The number of hydrogen-bond acceptors (Lipinski definition) is 6. The molecule has 2 aromatic carbocycles. The zero-order chi connectivity index (χ0) is 24.0. The highest BCUT2D eigenvalue weighted by molar-refractivity contribution is 7.89. The van der Waals surface area contributed by atoms with Crippen molar-refractivity contribution in [3.63, 3.8) is 0 Å². The van der Waals surface area contributed by atoms with Crippen LogP contribution in [0.15, 0.2) is 65.8 Å². The van der Waals surface area contributed by atoms with Crippen molar-refractivity contribution in [3.05, 3.63) is 60.9 Å². The minimum Gasteiger partial charge on any atom is -0.424 e. The van der Waals surface area contributed by atoms with Gasteiger partial charge in [-0.15, -0.1) is 0 Å². The van der Waals surface area contributed by atoms with Gasteiger partial charge in [0.1, 0.15) is 5.75 Å². The second-order valence-electron chi connectivity index (χ2n) is 9.30. The molecule has 0 spiro atoms. The molecule has 9 heteroatoms. The third-order valence-corrected chi connectivity index (χ3v) is 8.61. The molecule has 0 amide bonds. The smallest absolute Gasteiger partial charge is 0.321 e. The van der Waals surface area contributed by atoms with Crippen molar-refractivity contribution in [2.45, 2.75) is 55.5 Å². The molecule has 2 heterocycles. The summed E-state index contributed by atoms with van der Waals surface area (Å²) in [5.74, 6) is 0.636. The normalized spacial score (nSPS) is 16.7. The first kappa shape index (κ1) is 22.1. The first-order chi connectivity index (χ1) is 17.0. The third-order valence-electron chi connectivity index (χ3n) is 7.07. The van der Waals surface area contributed by atoms with Gasteiger partial charge in [-0.3, -0.25) is 0 Å². The molecule has 0 saturated heterocycles. The number of hydrogen-bond donors (Lipinski definition) is 2. The lowest BCUT2D eigenvalue weighted by molar-refractivity contribution is 0.324. The Morgan fingerprint density at radius 3 is 2.31 bits per heavy atom. The first-order valence-electron chi connectivity index (χ1n) is 12.0. The van der Waals surface area contributed by atoms with Crippen LogP contribution in [0.25, 0.3) is 22.2 Å². The van der Waals surface area contributed by atoms with E-state index in [2.05, 4.69) is 19.3 Å². The number of benzene rings is 2. The van der Waals surface area contributed by atoms with Crippen LogP contribution in [0.5, 0.6) is 11.8 Å². The quantitative estimate of drug-likeness (QED) is 0.377. The largest absolute Gasteiger partial charge is 0.424 e. The molecule has 2 aliphatic rings. The van der Waals surface area contributed by atoms with E-state index in [4.69, 9.17) is 10.5 Å². The number of fused-ring (bicyclic) bond motifs is 1. The van der Waals surface area contributed by atoms with Crippen LogP contribution in [0.3, 0.4) is 0 Å². The molecule has 180 valence electrons. The Morgan fingerprint density at radius 1 is 0.971 bits per heavy atom. The van der Waals surface area contributed by atoms with Gasteiger partial charge >= 0.3 is 6.01 Å². The summed E-state index contributed by atoms with van der Waals surface area (Å²) in [6.45, 7) is 0. The average molecular weight is 490 g/mol. The number of sulfonamides is 1. The van der Waals surface area contributed by atoms with Gasteiger partial charge in [-0.2, -0.15) is 0 Å². The maximum absolute atomic E-state index is 12.7. The second-order valence-corrected chi connectivity index (χ2v) is 11.0. The maximum atomic E-state index is 12.7. The Morgan fingerprint density at radius 2 is 1.69 bits per heavy atom. The van der Waals surface area contributed by atoms with E-state index in [9.17, 15) is 8.42 Å². The molecule has 2 saturated carbocycles. The summed E-state index contributed by atoms with van der Waals surface area (Å²) < 4.78 is 36.4. The van der Waals surface area contributed by atoms with Crippen LogP contribution in [0.4, 0.5) is 5.69 Å². The van der Waals surface area contributed by atoms with E-state index in [0.717, 1.165) is 54.3 Å². The van der Waals surface area contributed by atoms with Crippen LogP contribution in [0.1, 0.15) is 44.6 Å². The standard InChI is InChI=1S/C26H27N5O3S/c27-24-22-13-10-20(34-26-28-14-3-15-29-26)16-23(22)31(19-6-2-7-19)25(24)17-8-11-21(12-9-17)35(32,33)30-18-4-1-5-18/h3,8-16,18-19,30H,1-2,4-7,27H2. The number of nitrogens with zero attached hydrogens (tertiary/aromatic N) is 3. The molecule has 3 N–H and O–H groups in total. The minimum atomic E-state index is -3.53. The maximum Gasteiger partial charge on any atom is 0.321 e. The van der Waals surface area contributed by atoms with E-state index in [1.165, 1.54) is 6.42 Å². The van der Waals surface area contributed by atoms with E-state index in [-0.39, 0.29) is 16.9 Å². The predicted molar refractivity (Wildman–Crippen MR) is 135 cm³/mol. The molecule has 0 bridgehead atoms. The molecule has 2 aromatic heterocycles. The topological polar surface area (TPSA) is 112 Å². The van der Waals surface area contributed by atoms with Crippen molar-refractivity contribution in [2.24, 2.45) is 0 Å². The number of anilines is 1. The fraction of sp³-hybridized carbons (Fsp3) is 0.308. The van der Waals surface area contributed by atoms with Crippen molar-refractivity contribution in [1.29, 1.82) is 0 Å². The summed E-state index contributed by atoms with van der Waals surface area (Å²) in [5, 5.41) is 0.941. The fourth-order valence-corrected chi connectivity index (χ4v) is 6.05. The number of nitrogen functional groups attached to an aromatic ring is 1. The summed E-state index contributed by atoms with van der Waals surface area (Å²) in [5.41, 5.74) is 10.2. The van der Waals surface area contributed by atoms with Crippen molar-refractivity contribution < 1.29 is 13.2 Å². The minimum absolute atomic E-state index is 0.0502. The van der Waals surface area contributed by atoms with Crippen LogP contribution in [-0.4, -0.2) is 29.0 Å². The number of nitrogens with two attached hydrogens (primary N) is 1. The molecule has 2 fully saturated rings. The molecule has 0 unspecified atom stereocenters. The number of ether oxygens (including phenoxy) is 1. The Bertz CT molecular complexity index is 1480. The molecular weight excluding hydrogens is 462 g/mol. The zero-order valence-corrected chi connectivity index (χ0v) is 20.0. The average Bonchev–Trinajstić information content (AvgIpc) is 3.08. The van der Waals surface area contributed by atoms with Crippen molar-refractivity contribution >= 4 is 26.6 Å². The third kappa shape index (κ3) is 4.04.